The van der Waals surface area contributed by atoms with Gasteiger partial charge < -0.3 is 15.6 Å². The van der Waals surface area contributed by atoms with Crippen LogP contribution in [-0.2, 0) is 16.1 Å². The van der Waals surface area contributed by atoms with E-state index in [1.54, 1.807) is 18.2 Å². The Hall–Kier alpha value is -1.92. The number of carboxylic acid groups (broad SMARTS) is 1. The molecular formula is C15H20N2O4. The second-order valence-electron chi connectivity index (χ2n) is 5.18. The fourth-order valence-corrected chi connectivity index (χ4v) is 2.66. The average molecular weight is 292 g/mol. The number of hydrogen-bond acceptors (Lipinski definition) is 4. The lowest BCUT2D eigenvalue weighted by Crippen LogP contribution is -2.42. The monoisotopic (exact) mass is 292 g/mol. The zero-order valence-electron chi connectivity index (χ0n) is 12.0. The first-order valence-electron chi connectivity index (χ1n) is 6.96. The predicted octanol–water partition coefficient (Wildman–Crippen LogP) is 0.707. The van der Waals surface area contributed by atoms with Gasteiger partial charge in [0.2, 0.25) is 5.91 Å². The number of carbonyl (C=O) groups excluding carboxylic acids is 1. The molecule has 2 rings (SSSR count). The highest BCUT2D eigenvalue weighted by Gasteiger charge is 2.37. The Morgan fingerprint density at radius 3 is 2.81 bits per heavy atom. The Morgan fingerprint density at radius 1 is 1.43 bits per heavy atom. The number of carboxylic acids is 1. The maximum atomic E-state index is 11.3. The number of primary amides is 1. The third kappa shape index (κ3) is 3.59. The molecule has 2 atom stereocenters. The van der Waals surface area contributed by atoms with Crippen LogP contribution in [0.25, 0.3) is 0 Å². The first kappa shape index (κ1) is 15.5. The summed E-state index contributed by atoms with van der Waals surface area (Å²) >= 11 is 0. The quantitative estimate of drug-likeness (QED) is 0.805. The summed E-state index contributed by atoms with van der Waals surface area (Å²) in [4.78, 5) is 24.5. The third-order valence-electron chi connectivity index (χ3n) is 3.84. The molecule has 0 aromatic heterocycles. The molecule has 3 N–H and O–H groups in total. The van der Waals surface area contributed by atoms with Crippen LogP contribution in [-0.4, -0.2) is 47.7 Å². The van der Waals surface area contributed by atoms with E-state index in [1.807, 2.05) is 13.0 Å². The van der Waals surface area contributed by atoms with Crippen molar-refractivity contribution in [2.75, 3.05) is 19.8 Å². The highest BCUT2D eigenvalue weighted by Crippen LogP contribution is 2.22. The molecule has 1 fully saturated rings. The largest absolute Gasteiger partial charge is 0.481 e. The van der Waals surface area contributed by atoms with Crippen LogP contribution in [0.15, 0.2) is 24.3 Å². The molecule has 0 spiro atoms. The second-order valence-corrected chi connectivity index (χ2v) is 5.18. The van der Waals surface area contributed by atoms with Gasteiger partial charge in [0.1, 0.15) is 0 Å². The predicted molar refractivity (Wildman–Crippen MR) is 76.8 cm³/mol. The lowest BCUT2D eigenvalue weighted by Gasteiger charge is -2.29. The molecule has 6 heteroatoms. The highest BCUT2D eigenvalue weighted by molar-refractivity contribution is 5.92. The van der Waals surface area contributed by atoms with Gasteiger partial charge in [0.05, 0.1) is 19.1 Å². The second kappa shape index (κ2) is 6.69. The van der Waals surface area contributed by atoms with Crippen molar-refractivity contribution in [3.8, 4) is 0 Å². The van der Waals surface area contributed by atoms with Gasteiger partial charge in [-0.1, -0.05) is 19.1 Å². The fraction of sp³-hybridized carbons (Fsp3) is 0.467. The molecule has 1 aromatic rings. The Kier molecular flexibility index (Phi) is 4.93. The van der Waals surface area contributed by atoms with Crippen LogP contribution >= 0.6 is 0 Å². The van der Waals surface area contributed by atoms with Crippen LogP contribution in [0.4, 0.5) is 0 Å². The van der Waals surface area contributed by atoms with E-state index in [9.17, 15) is 14.7 Å². The van der Waals surface area contributed by atoms with E-state index in [0.29, 0.717) is 25.3 Å². The van der Waals surface area contributed by atoms with Crippen LogP contribution in [0, 0.1) is 5.92 Å². The summed E-state index contributed by atoms with van der Waals surface area (Å²) in [5.41, 5.74) is 6.67. The molecular weight excluding hydrogens is 272 g/mol. The fourth-order valence-electron chi connectivity index (χ4n) is 2.66. The number of hydrogen-bond donors (Lipinski definition) is 2. The summed E-state index contributed by atoms with van der Waals surface area (Å²) in [6.45, 7) is 3.92. The van der Waals surface area contributed by atoms with Gasteiger partial charge in [0.25, 0.3) is 0 Å². The summed E-state index contributed by atoms with van der Waals surface area (Å²) in [7, 11) is 0. The molecule has 0 aliphatic carbocycles. The van der Waals surface area contributed by atoms with Gasteiger partial charge in [-0.05, 0) is 24.2 Å². The minimum Gasteiger partial charge on any atom is -0.481 e. The molecule has 6 nitrogen and oxygen atoms in total. The van der Waals surface area contributed by atoms with Crippen LogP contribution in [0.5, 0.6) is 0 Å². The first-order valence-corrected chi connectivity index (χ1v) is 6.96. The van der Waals surface area contributed by atoms with Crippen LogP contribution in [0.1, 0.15) is 22.8 Å². The minimum atomic E-state index is -0.832. The Bertz CT molecular complexity index is 532. The van der Waals surface area contributed by atoms with Crippen molar-refractivity contribution in [2.24, 2.45) is 11.7 Å². The van der Waals surface area contributed by atoms with Crippen LogP contribution in [0.2, 0.25) is 0 Å². The molecule has 0 radical (unpaired) electrons. The number of rotatable bonds is 6. The van der Waals surface area contributed by atoms with Crippen molar-refractivity contribution in [2.45, 2.75) is 19.5 Å². The van der Waals surface area contributed by atoms with E-state index in [1.165, 1.54) is 0 Å². The van der Waals surface area contributed by atoms with E-state index in [0.717, 1.165) is 5.56 Å². The Balaban J connectivity index is 2.13. The first-order chi connectivity index (χ1) is 10.0. The van der Waals surface area contributed by atoms with Crippen molar-refractivity contribution in [3.63, 3.8) is 0 Å². The molecule has 1 heterocycles. The zero-order chi connectivity index (χ0) is 15.4. The van der Waals surface area contributed by atoms with Gasteiger partial charge >= 0.3 is 5.97 Å². The Labute approximate surface area is 123 Å². The molecule has 114 valence electrons. The van der Waals surface area contributed by atoms with Gasteiger partial charge in [0.15, 0.2) is 0 Å². The number of aliphatic carboxylic acids is 1. The number of benzene rings is 1. The normalized spacial score (nSPS) is 21.6. The van der Waals surface area contributed by atoms with Crippen molar-refractivity contribution in [3.05, 3.63) is 35.4 Å². The van der Waals surface area contributed by atoms with E-state index in [4.69, 9.17) is 10.5 Å². The number of amides is 1. The van der Waals surface area contributed by atoms with E-state index < -0.39 is 17.8 Å². The lowest BCUT2D eigenvalue weighted by atomic mass is 10.0. The van der Waals surface area contributed by atoms with Gasteiger partial charge in [-0.25, -0.2) is 0 Å². The Morgan fingerprint density at radius 2 is 2.19 bits per heavy atom. The van der Waals surface area contributed by atoms with Crippen molar-refractivity contribution >= 4 is 11.9 Å². The third-order valence-corrected chi connectivity index (χ3v) is 3.84. The van der Waals surface area contributed by atoms with Crippen LogP contribution < -0.4 is 5.73 Å². The summed E-state index contributed by atoms with van der Waals surface area (Å²) in [6, 6.07) is 6.95. The number of carbonyl (C=O) groups is 2. The molecule has 1 saturated heterocycles. The molecule has 1 amide bonds. The smallest absolute Gasteiger partial charge is 0.310 e. The lowest BCUT2D eigenvalue weighted by molar-refractivity contribution is -0.143. The number of likely N-dealkylation sites (N-methyl/N-ethyl adjacent to an activating group) is 1. The van der Waals surface area contributed by atoms with Gasteiger partial charge in [0, 0.05) is 18.2 Å². The van der Waals surface area contributed by atoms with E-state index in [-0.39, 0.29) is 12.6 Å². The molecule has 1 aliphatic rings. The number of nitrogens with zero attached hydrogens (tertiary/aromatic N) is 1. The van der Waals surface area contributed by atoms with Gasteiger partial charge in [-0.3, -0.25) is 14.5 Å². The van der Waals surface area contributed by atoms with Crippen LogP contribution in [0.3, 0.4) is 0 Å². The van der Waals surface area contributed by atoms with Gasteiger partial charge in [-0.2, -0.15) is 0 Å². The van der Waals surface area contributed by atoms with E-state index >= 15 is 0 Å². The summed E-state index contributed by atoms with van der Waals surface area (Å²) < 4.78 is 5.32. The van der Waals surface area contributed by atoms with Crippen molar-refractivity contribution in [1.29, 1.82) is 0 Å². The number of ether oxygens (including phenoxy) is 1. The number of nitrogens with two attached hydrogens (primary N) is 1. The van der Waals surface area contributed by atoms with Gasteiger partial charge in [-0.15, -0.1) is 0 Å². The summed E-state index contributed by atoms with van der Waals surface area (Å²) in [6.07, 6.45) is 0. The minimum absolute atomic E-state index is 0.148. The summed E-state index contributed by atoms with van der Waals surface area (Å²) in [5.74, 6) is -1.81. The molecule has 0 saturated carbocycles. The zero-order valence-corrected chi connectivity index (χ0v) is 12.0. The topological polar surface area (TPSA) is 92.9 Å². The van der Waals surface area contributed by atoms with Crippen molar-refractivity contribution < 1.29 is 19.4 Å². The molecule has 21 heavy (non-hydrogen) atoms. The average Bonchev–Trinajstić information content (AvgIpc) is 2.94. The SMILES string of the molecule is CCN(Cc1cccc(C(N)=O)c1)C1COCC1C(=O)O. The van der Waals surface area contributed by atoms with Crippen molar-refractivity contribution in [1.82, 2.24) is 4.90 Å². The standard InChI is InChI=1S/C15H20N2O4/c1-2-17(13-9-21-8-12(13)15(19)20)7-10-4-3-5-11(6-10)14(16)18/h3-6,12-13H,2,7-9H2,1H3,(H2,16,18)(H,19,20). The molecule has 1 aromatic carbocycles. The molecule has 2 unspecified atom stereocenters. The van der Waals surface area contributed by atoms with E-state index in [2.05, 4.69) is 4.90 Å². The maximum Gasteiger partial charge on any atom is 0.310 e. The highest BCUT2D eigenvalue weighted by atomic mass is 16.5. The molecule has 0 bridgehead atoms. The summed E-state index contributed by atoms with van der Waals surface area (Å²) in [5, 5.41) is 9.24. The molecule has 1 aliphatic heterocycles. The maximum absolute atomic E-state index is 11.3.